The minimum Gasteiger partial charge on any atom is -0.465 e. The van der Waals surface area contributed by atoms with E-state index in [1.165, 1.54) is 12.5 Å². The molecule has 0 radical (unpaired) electrons. The molecule has 0 saturated carbocycles. The molecule has 0 aliphatic carbocycles. The van der Waals surface area contributed by atoms with Crippen molar-refractivity contribution >= 4 is 5.97 Å². The predicted molar refractivity (Wildman–Crippen MR) is 57.6 cm³/mol. The zero-order valence-electron chi connectivity index (χ0n) is 9.06. The van der Waals surface area contributed by atoms with Crippen molar-refractivity contribution in [1.29, 1.82) is 0 Å². The molecule has 0 aliphatic rings. The van der Waals surface area contributed by atoms with E-state index in [1.54, 1.807) is 0 Å². The predicted octanol–water partition coefficient (Wildman–Crippen LogP) is 1.63. The van der Waals surface area contributed by atoms with E-state index in [4.69, 9.17) is 4.74 Å². The molecule has 0 spiro atoms. The van der Waals surface area contributed by atoms with Crippen LogP contribution in [-0.2, 0) is 9.53 Å². The number of hydrogen-bond donors (Lipinski definition) is 1. The molecule has 1 aromatic rings. The molecule has 3 heteroatoms. The van der Waals surface area contributed by atoms with E-state index < -0.39 is 0 Å². The molecule has 0 amide bonds. The Bertz CT molecular complexity index is 316. The van der Waals surface area contributed by atoms with Gasteiger partial charge in [0, 0.05) is 12.8 Å². The average Bonchev–Trinajstić information content (AvgIpc) is 2.21. The van der Waals surface area contributed by atoms with E-state index in [1.807, 2.05) is 31.2 Å². The molecule has 3 nitrogen and oxygen atoms in total. The molecule has 0 aliphatic heterocycles. The average molecular weight is 208 g/mol. The molecular formula is C12H16O3. The number of benzene rings is 1. The highest BCUT2D eigenvalue weighted by atomic mass is 16.5. The molecule has 0 fully saturated rings. The smallest absolute Gasteiger partial charge is 0.302 e. The van der Waals surface area contributed by atoms with Crippen LogP contribution in [0.5, 0.6) is 0 Å². The highest BCUT2D eigenvalue weighted by Gasteiger charge is 2.11. The van der Waals surface area contributed by atoms with Gasteiger partial charge in [0.25, 0.3) is 0 Å². The molecule has 1 rings (SSSR count). The standard InChI is InChI=1S/C12H16O3/c1-9-3-5-11(6-4-9)12(7-13)8-15-10(2)14/h3-6,12-13H,7-8H2,1-2H3. The van der Waals surface area contributed by atoms with Gasteiger partial charge in [-0.3, -0.25) is 4.79 Å². The third-order valence-electron chi connectivity index (χ3n) is 2.26. The Labute approximate surface area is 89.7 Å². The minimum atomic E-state index is -0.319. The minimum absolute atomic E-state index is 0.0175. The number of aliphatic hydroxyl groups excluding tert-OH is 1. The van der Waals surface area contributed by atoms with Gasteiger partial charge in [0.05, 0.1) is 6.61 Å². The molecule has 0 saturated heterocycles. The van der Waals surface area contributed by atoms with Gasteiger partial charge < -0.3 is 9.84 Å². The first-order valence-corrected chi connectivity index (χ1v) is 4.94. The lowest BCUT2D eigenvalue weighted by Crippen LogP contribution is -2.14. The number of aliphatic hydroxyl groups is 1. The lowest BCUT2D eigenvalue weighted by Gasteiger charge is -2.14. The normalized spacial score (nSPS) is 12.2. The lowest BCUT2D eigenvalue weighted by atomic mass is 10.00. The van der Waals surface area contributed by atoms with Crippen LogP contribution < -0.4 is 0 Å². The van der Waals surface area contributed by atoms with Crippen LogP contribution in [0.2, 0.25) is 0 Å². The van der Waals surface area contributed by atoms with Gasteiger partial charge >= 0.3 is 5.97 Å². The highest BCUT2D eigenvalue weighted by molar-refractivity contribution is 5.65. The summed E-state index contributed by atoms with van der Waals surface area (Å²) in [5.74, 6) is -0.449. The molecule has 0 bridgehead atoms. The first-order valence-electron chi connectivity index (χ1n) is 4.94. The quantitative estimate of drug-likeness (QED) is 0.765. The van der Waals surface area contributed by atoms with Gasteiger partial charge in [-0.05, 0) is 12.5 Å². The van der Waals surface area contributed by atoms with Crippen LogP contribution in [0.3, 0.4) is 0 Å². The summed E-state index contributed by atoms with van der Waals surface area (Å²) < 4.78 is 4.88. The Morgan fingerprint density at radius 3 is 2.47 bits per heavy atom. The number of rotatable bonds is 4. The van der Waals surface area contributed by atoms with Crippen LogP contribution in [0.15, 0.2) is 24.3 Å². The van der Waals surface area contributed by atoms with Crippen molar-refractivity contribution in [2.45, 2.75) is 19.8 Å². The molecule has 1 N–H and O–H groups in total. The zero-order valence-corrected chi connectivity index (χ0v) is 9.06. The molecular weight excluding hydrogens is 192 g/mol. The first kappa shape index (κ1) is 11.7. The van der Waals surface area contributed by atoms with Gasteiger partial charge in [-0.25, -0.2) is 0 Å². The number of hydrogen-bond acceptors (Lipinski definition) is 3. The van der Waals surface area contributed by atoms with Crippen LogP contribution >= 0.6 is 0 Å². The van der Waals surface area contributed by atoms with Crippen molar-refractivity contribution in [3.63, 3.8) is 0 Å². The fourth-order valence-electron chi connectivity index (χ4n) is 1.31. The van der Waals surface area contributed by atoms with Crippen LogP contribution in [0.25, 0.3) is 0 Å². The highest BCUT2D eigenvalue weighted by Crippen LogP contribution is 2.16. The molecule has 0 aromatic heterocycles. The summed E-state index contributed by atoms with van der Waals surface area (Å²) >= 11 is 0. The van der Waals surface area contributed by atoms with Gasteiger partial charge in [0.2, 0.25) is 0 Å². The van der Waals surface area contributed by atoms with Crippen LogP contribution in [0.1, 0.15) is 24.0 Å². The summed E-state index contributed by atoms with van der Waals surface area (Å²) in [6.07, 6.45) is 0. The number of carbonyl (C=O) groups is 1. The fourth-order valence-corrected chi connectivity index (χ4v) is 1.31. The second-order valence-corrected chi connectivity index (χ2v) is 3.59. The van der Waals surface area contributed by atoms with Gasteiger partial charge in [0.1, 0.15) is 6.61 Å². The van der Waals surface area contributed by atoms with Gasteiger partial charge in [-0.2, -0.15) is 0 Å². The Morgan fingerprint density at radius 1 is 1.40 bits per heavy atom. The molecule has 1 unspecified atom stereocenters. The molecule has 1 atom stereocenters. The Kier molecular flexibility index (Phi) is 4.31. The number of aryl methyl sites for hydroxylation is 1. The third-order valence-corrected chi connectivity index (χ3v) is 2.26. The fraction of sp³-hybridized carbons (Fsp3) is 0.417. The molecule has 0 heterocycles. The van der Waals surface area contributed by atoms with Crippen molar-refractivity contribution in [2.24, 2.45) is 0 Å². The maximum Gasteiger partial charge on any atom is 0.302 e. The van der Waals surface area contributed by atoms with Crippen LogP contribution in [0.4, 0.5) is 0 Å². The molecule has 1 aromatic carbocycles. The monoisotopic (exact) mass is 208 g/mol. The zero-order chi connectivity index (χ0) is 11.3. The molecule has 15 heavy (non-hydrogen) atoms. The third kappa shape index (κ3) is 3.72. The topological polar surface area (TPSA) is 46.5 Å². The maximum atomic E-state index is 10.6. The largest absolute Gasteiger partial charge is 0.465 e. The second kappa shape index (κ2) is 5.51. The van der Waals surface area contributed by atoms with E-state index in [0.717, 1.165) is 5.56 Å². The molecule has 82 valence electrons. The number of carbonyl (C=O) groups excluding carboxylic acids is 1. The summed E-state index contributed by atoms with van der Waals surface area (Å²) in [5.41, 5.74) is 2.16. The summed E-state index contributed by atoms with van der Waals surface area (Å²) in [5, 5.41) is 9.17. The summed E-state index contributed by atoms with van der Waals surface area (Å²) in [4.78, 5) is 10.6. The van der Waals surface area contributed by atoms with E-state index >= 15 is 0 Å². The number of ether oxygens (including phenoxy) is 1. The van der Waals surface area contributed by atoms with Gasteiger partial charge in [-0.15, -0.1) is 0 Å². The maximum absolute atomic E-state index is 10.6. The van der Waals surface area contributed by atoms with Gasteiger partial charge in [0.15, 0.2) is 0 Å². The second-order valence-electron chi connectivity index (χ2n) is 3.59. The van der Waals surface area contributed by atoms with E-state index in [9.17, 15) is 9.90 Å². The summed E-state index contributed by atoms with van der Waals surface area (Å²) in [6.45, 7) is 3.58. The van der Waals surface area contributed by atoms with E-state index in [2.05, 4.69) is 0 Å². The van der Waals surface area contributed by atoms with Crippen molar-refractivity contribution in [1.82, 2.24) is 0 Å². The van der Waals surface area contributed by atoms with Crippen LogP contribution in [-0.4, -0.2) is 24.3 Å². The van der Waals surface area contributed by atoms with E-state index in [0.29, 0.717) is 0 Å². The summed E-state index contributed by atoms with van der Waals surface area (Å²) in [6, 6.07) is 7.84. The lowest BCUT2D eigenvalue weighted by molar-refractivity contribution is -0.141. The van der Waals surface area contributed by atoms with E-state index in [-0.39, 0.29) is 25.1 Å². The summed E-state index contributed by atoms with van der Waals surface area (Å²) in [7, 11) is 0. The van der Waals surface area contributed by atoms with Gasteiger partial charge in [-0.1, -0.05) is 29.8 Å². The first-order chi connectivity index (χ1) is 7.13. The Balaban J connectivity index is 2.65. The van der Waals surface area contributed by atoms with Crippen molar-refractivity contribution in [3.8, 4) is 0 Å². The number of esters is 1. The SMILES string of the molecule is CC(=O)OCC(CO)c1ccc(C)cc1. The Hall–Kier alpha value is -1.35. The van der Waals surface area contributed by atoms with Crippen molar-refractivity contribution < 1.29 is 14.6 Å². The van der Waals surface area contributed by atoms with Crippen LogP contribution in [0, 0.1) is 6.92 Å². The van der Waals surface area contributed by atoms with Crippen molar-refractivity contribution in [3.05, 3.63) is 35.4 Å². The Morgan fingerprint density at radius 2 is 2.00 bits per heavy atom. The van der Waals surface area contributed by atoms with Crippen molar-refractivity contribution in [2.75, 3.05) is 13.2 Å².